The third-order valence-electron chi connectivity index (χ3n) is 5.10. The molecule has 0 aliphatic carbocycles. The summed E-state index contributed by atoms with van der Waals surface area (Å²) in [5.74, 6) is -0.135. The van der Waals surface area contributed by atoms with Crippen LogP contribution in [0.5, 0.6) is 0 Å². The van der Waals surface area contributed by atoms with E-state index in [9.17, 15) is 4.79 Å². The largest absolute Gasteiger partial charge is 0.458 e. The van der Waals surface area contributed by atoms with Gasteiger partial charge < -0.3 is 14.4 Å². The fourth-order valence-electron chi connectivity index (χ4n) is 3.57. The summed E-state index contributed by atoms with van der Waals surface area (Å²) in [7, 11) is 0. The highest BCUT2D eigenvalue weighted by atomic mass is 16.6. The minimum absolute atomic E-state index is 0.153. The summed E-state index contributed by atoms with van der Waals surface area (Å²) in [6.07, 6.45) is 2.60. The highest BCUT2D eigenvalue weighted by Crippen LogP contribution is 2.31. The maximum atomic E-state index is 11.8. The van der Waals surface area contributed by atoms with E-state index in [1.165, 1.54) is 18.0 Å². The van der Waals surface area contributed by atoms with Gasteiger partial charge in [-0.25, -0.2) is 9.78 Å². The molecule has 0 radical (unpaired) electrons. The van der Waals surface area contributed by atoms with Crippen LogP contribution in [-0.4, -0.2) is 47.3 Å². The number of esters is 1. The zero-order chi connectivity index (χ0) is 28.7. The zero-order valence-corrected chi connectivity index (χ0v) is 21.0. The van der Waals surface area contributed by atoms with E-state index in [0.29, 0.717) is 36.7 Å². The summed E-state index contributed by atoms with van der Waals surface area (Å²) < 4.78 is 43.7. The second-order valence-electron chi connectivity index (χ2n) is 9.24. The average molecular weight is 480 g/mol. The number of ether oxygens (including phenoxy) is 2. The van der Waals surface area contributed by atoms with Crippen molar-refractivity contribution in [3.05, 3.63) is 66.9 Å². The van der Waals surface area contributed by atoms with Gasteiger partial charge in [0, 0.05) is 34.4 Å². The van der Waals surface area contributed by atoms with Crippen LogP contribution >= 0.6 is 0 Å². The summed E-state index contributed by atoms with van der Waals surface area (Å²) in [6.45, 7) is 4.52. The van der Waals surface area contributed by atoms with Gasteiger partial charge in [-0.15, -0.1) is 0 Å². The topological polar surface area (TPSA) is 64.5 Å². The Morgan fingerprint density at radius 3 is 2.26 bits per heavy atom. The van der Waals surface area contributed by atoms with E-state index in [1.54, 1.807) is 20.8 Å². The van der Waals surface area contributed by atoms with Gasteiger partial charge in [-0.3, -0.25) is 4.98 Å². The molecule has 0 saturated carbocycles. The molecule has 0 spiro atoms. The summed E-state index contributed by atoms with van der Waals surface area (Å²) in [4.78, 5) is 22.9. The van der Waals surface area contributed by atoms with Gasteiger partial charge >= 0.3 is 5.97 Å². The van der Waals surface area contributed by atoms with Crippen LogP contribution in [0.4, 0.5) is 5.82 Å². The number of hydrogen-bond acceptors (Lipinski definition) is 6. The summed E-state index contributed by atoms with van der Waals surface area (Å²) in [5.41, 5.74) is 2.41. The Hall–Kier alpha value is -3.25. The standard InChI is InChI=1S/C29H37N3O3/c1-22(2)32(18-12-13-19-34-21-26(33)35-29(3,4)5)25-20-30-27(23-14-8-6-9-15-23)28(31-25)24-16-10-7-11-17-24/h6-11,14-17,20,22H,12-13,18-19,21H2,1-5H3/i1D3,22D. The van der Waals surface area contributed by atoms with Gasteiger partial charge in [0.1, 0.15) is 18.0 Å². The van der Waals surface area contributed by atoms with Crippen LogP contribution in [0.3, 0.4) is 0 Å². The molecule has 0 aliphatic rings. The maximum absolute atomic E-state index is 11.8. The Morgan fingerprint density at radius 2 is 1.66 bits per heavy atom. The Labute approximate surface area is 214 Å². The molecule has 0 aliphatic heterocycles. The summed E-state index contributed by atoms with van der Waals surface area (Å²) in [6, 6.07) is 17.3. The minimum atomic E-state index is -2.60. The lowest BCUT2D eigenvalue weighted by Crippen LogP contribution is -2.33. The van der Waals surface area contributed by atoms with Crippen LogP contribution in [0.1, 0.15) is 52.9 Å². The Balaban J connectivity index is 1.84. The number of aromatic nitrogens is 2. The molecule has 3 aromatic rings. The van der Waals surface area contributed by atoms with Crippen LogP contribution in [0.15, 0.2) is 66.9 Å². The summed E-state index contributed by atoms with van der Waals surface area (Å²) in [5, 5.41) is 0. The van der Waals surface area contributed by atoms with Crippen LogP contribution in [0.2, 0.25) is 0 Å². The first-order valence-electron chi connectivity index (χ1n) is 13.8. The molecule has 6 nitrogen and oxygen atoms in total. The molecule has 1 heterocycles. The molecular formula is C29H37N3O3. The van der Waals surface area contributed by atoms with Gasteiger partial charge in [0.25, 0.3) is 0 Å². The molecule has 0 fully saturated rings. The lowest BCUT2D eigenvalue weighted by Gasteiger charge is -2.28. The molecule has 35 heavy (non-hydrogen) atoms. The molecular weight excluding hydrogens is 438 g/mol. The number of rotatable bonds is 11. The van der Waals surface area contributed by atoms with E-state index in [2.05, 4.69) is 0 Å². The van der Waals surface area contributed by atoms with Crippen LogP contribution in [0, 0.1) is 0 Å². The third kappa shape index (κ3) is 8.18. The number of hydrogen-bond donors (Lipinski definition) is 0. The van der Waals surface area contributed by atoms with E-state index in [0.717, 1.165) is 11.1 Å². The van der Waals surface area contributed by atoms with Gasteiger partial charge in [-0.2, -0.15) is 0 Å². The van der Waals surface area contributed by atoms with Crippen molar-refractivity contribution in [2.24, 2.45) is 0 Å². The van der Waals surface area contributed by atoms with E-state index < -0.39 is 24.4 Å². The SMILES string of the molecule is [2H]C([2H])([2H])C([2H])(C)N(CCCCOCC(=O)OC(C)(C)C)c1cnc(-c2ccccc2)c(-c2ccccc2)n1. The molecule has 1 aromatic heterocycles. The second-order valence-corrected chi connectivity index (χ2v) is 9.24. The van der Waals surface area contributed by atoms with Gasteiger partial charge in [-0.05, 0) is 47.4 Å². The highest BCUT2D eigenvalue weighted by molar-refractivity contribution is 5.78. The van der Waals surface area contributed by atoms with E-state index in [-0.39, 0.29) is 13.2 Å². The Kier molecular flexibility index (Phi) is 7.50. The summed E-state index contributed by atoms with van der Waals surface area (Å²) >= 11 is 0. The second kappa shape index (κ2) is 12.5. The van der Waals surface area contributed by atoms with Gasteiger partial charge in [0.2, 0.25) is 0 Å². The molecule has 3 rings (SSSR count). The predicted octanol–water partition coefficient (Wildman–Crippen LogP) is 6.16. The first-order valence-corrected chi connectivity index (χ1v) is 11.8. The molecule has 186 valence electrons. The van der Waals surface area contributed by atoms with Crippen molar-refractivity contribution in [3.63, 3.8) is 0 Å². The van der Waals surface area contributed by atoms with Crippen molar-refractivity contribution in [3.8, 4) is 22.5 Å². The number of unbranched alkanes of at least 4 members (excludes halogenated alkanes) is 1. The number of anilines is 1. The van der Waals surface area contributed by atoms with Crippen molar-refractivity contribution >= 4 is 11.8 Å². The van der Waals surface area contributed by atoms with Crippen LogP contribution < -0.4 is 4.90 Å². The lowest BCUT2D eigenvalue weighted by atomic mass is 10.0. The average Bonchev–Trinajstić information content (AvgIpc) is 2.87. The van der Waals surface area contributed by atoms with E-state index in [4.69, 9.17) is 24.9 Å². The van der Waals surface area contributed by atoms with Crippen LogP contribution in [0.25, 0.3) is 22.5 Å². The number of benzene rings is 2. The lowest BCUT2D eigenvalue weighted by molar-refractivity contribution is -0.160. The number of carbonyl (C=O) groups is 1. The zero-order valence-electron chi connectivity index (χ0n) is 25.0. The molecule has 0 N–H and O–H groups in total. The molecule has 1 unspecified atom stereocenters. The fraction of sp³-hybridized carbons (Fsp3) is 0.414. The minimum Gasteiger partial charge on any atom is -0.458 e. The van der Waals surface area contributed by atoms with E-state index in [1.807, 2.05) is 60.7 Å². The molecule has 6 heteroatoms. The predicted molar refractivity (Wildman–Crippen MR) is 141 cm³/mol. The first kappa shape index (κ1) is 21.1. The van der Waals surface area contributed by atoms with Gasteiger partial charge in [0.15, 0.2) is 0 Å². The first-order chi connectivity index (χ1) is 18.3. The number of nitrogens with zero attached hydrogens (tertiary/aromatic N) is 3. The molecule has 0 amide bonds. The quantitative estimate of drug-likeness (QED) is 0.242. The van der Waals surface area contributed by atoms with Crippen molar-refractivity contribution in [1.82, 2.24) is 9.97 Å². The van der Waals surface area contributed by atoms with Crippen LogP contribution in [-0.2, 0) is 14.3 Å². The van der Waals surface area contributed by atoms with Gasteiger partial charge in [-0.1, -0.05) is 60.7 Å². The normalized spacial score (nSPS) is 15.2. The van der Waals surface area contributed by atoms with Crippen molar-refractivity contribution in [1.29, 1.82) is 0 Å². The Morgan fingerprint density at radius 1 is 1.03 bits per heavy atom. The van der Waals surface area contributed by atoms with Gasteiger partial charge in [0.05, 0.1) is 19.0 Å². The molecule has 0 saturated heterocycles. The smallest absolute Gasteiger partial charge is 0.332 e. The van der Waals surface area contributed by atoms with Crippen molar-refractivity contribution < 1.29 is 19.8 Å². The molecule has 0 bridgehead atoms. The number of carbonyl (C=O) groups excluding carboxylic acids is 1. The Bertz CT molecular complexity index is 1210. The third-order valence-corrected chi connectivity index (χ3v) is 5.10. The maximum Gasteiger partial charge on any atom is 0.332 e. The van der Waals surface area contributed by atoms with Crippen molar-refractivity contribution in [2.75, 3.05) is 24.7 Å². The van der Waals surface area contributed by atoms with E-state index >= 15 is 0 Å². The highest BCUT2D eigenvalue weighted by Gasteiger charge is 2.18. The molecule has 1 atom stereocenters. The monoisotopic (exact) mass is 479 g/mol. The molecule has 2 aromatic carbocycles. The van der Waals surface area contributed by atoms with Crippen molar-refractivity contribution in [2.45, 2.75) is 59.0 Å². The fourth-order valence-corrected chi connectivity index (χ4v) is 3.57.